The van der Waals surface area contributed by atoms with Crippen molar-refractivity contribution >= 4 is 25.7 Å². The van der Waals surface area contributed by atoms with Crippen LogP contribution in [0, 0.1) is 5.41 Å². The highest BCUT2D eigenvalue weighted by molar-refractivity contribution is 9.10. The van der Waals surface area contributed by atoms with Crippen molar-refractivity contribution < 1.29 is 9.53 Å². The monoisotopic (exact) mass is 341 g/mol. The summed E-state index contributed by atoms with van der Waals surface area (Å²) >= 11 is 3.39. The van der Waals surface area contributed by atoms with Gasteiger partial charge in [-0.15, -0.1) is 0 Å². The van der Waals surface area contributed by atoms with E-state index in [0.717, 1.165) is 16.2 Å². The normalized spacial score (nSPS) is 27.1. The fourth-order valence-electron chi connectivity index (χ4n) is 2.08. The molecule has 0 saturated heterocycles. The minimum Gasteiger partial charge on any atom is -0.406 e. The maximum Gasteiger partial charge on any atom is 0.231 e. The van der Waals surface area contributed by atoms with Crippen LogP contribution < -0.4 is 0 Å². The van der Waals surface area contributed by atoms with Crippen LogP contribution >= 0.6 is 15.9 Å². The highest BCUT2D eigenvalue weighted by Crippen LogP contribution is 2.44. The molecule has 104 valence electrons. The van der Waals surface area contributed by atoms with Gasteiger partial charge in [-0.05, 0) is 39.5 Å². The Morgan fingerprint density at radius 1 is 1.47 bits per heavy atom. The molecule has 19 heavy (non-hydrogen) atoms. The van der Waals surface area contributed by atoms with Crippen molar-refractivity contribution in [2.24, 2.45) is 5.41 Å². The molecule has 1 aromatic rings. The van der Waals surface area contributed by atoms with Crippen LogP contribution in [0.2, 0.25) is 6.04 Å². The van der Waals surface area contributed by atoms with E-state index < -0.39 is 0 Å². The summed E-state index contributed by atoms with van der Waals surface area (Å²) < 4.78 is 7.09. The van der Waals surface area contributed by atoms with E-state index in [4.69, 9.17) is 4.43 Å². The zero-order chi connectivity index (χ0) is 14.1. The van der Waals surface area contributed by atoms with Crippen LogP contribution in [0.5, 0.6) is 0 Å². The van der Waals surface area contributed by atoms with E-state index in [2.05, 4.69) is 41.7 Å². The highest BCUT2D eigenvalue weighted by atomic mass is 79.9. The van der Waals surface area contributed by atoms with E-state index in [1.165, 1.54) is 0 Å². The fourth-order valence-corrected chi connectivity index (χ4v) is 3.37. The van der Waals surface area contributed by atoms with Gasteiger partial charge in [0.1, 0.15) is 5.60 Å². The van der Waals surface area contributed by atoms with Gasteiger partial charge in [-0.1, -0.05) is 20.8 Å². The standard InChI is InChI=1S/C14H20BrNO2Si/c1-13(2,3)9-19-18-14(6-11(17)7-14)12-5-4-10(15)8-16-12/h4-5,8,11,17H,6-7,9H2,1-3H3. The van der Waals surface area contributed by atoms with E-state index in [0.29, 0.717) is 22.6 Å². The van der Waals surface area contributed by atoms with Crippen molar-refractivity contribution in [3.05, 3.63) is 28.5 Å². The number of nitrogens with zero attached hydrogens (tertiary/aromatic N) is 1. The largest absolute Gasteiger partial charge is 0.406 e. The average Bonchev–Trinajstić information content (AvgIpc) is 2.25. The Hall–Kier alpha value is -0.233. The lowest BCUT2D eigenvalue weighted by molar-refractivity contribution is -0.103. The summed E-state index contributed by atoms with van der Waals surface area (Å²) in [6.45, 7) is 6.64. The predicted octanol–water partition coefficient (Wildman–Crippen LogP) is 3.29. The summed E-state index contributed by atoms with van der Waals surface area (Å²) in [7, 11) is 0.443. The number of hydrogen-bond acceptors (Lipinski definition) is 3. The molecule has 0 aliphatic heterocycles. The van der Waals surface area contributed by atoms with Crippen LogP contribution in [0.1, 0.15) is 39.3 Å². The van der Waals surface area contributed by atoms with Gasteiger partial charge in [0.25, 0.3) is 0 Å². The van der Waals surface area contributed by atoms with Crippen molar-refractivity contribution in [3.63, 3.8) is 0 Å². The number of aliphatic hydroxyl groups excluding tert-OH is 1. The summed E-state index contributed by atoms with van der Waals surface area (Å²) in [6.07, 6.45) is 2.83. The molecule has 1 aromatic heterocycles. The van der Waals surface area contributed by atoms with Crippen LogP contribution in [0.25, 0.3) is 0 Å². The molecule has 0 atom stereocenters. The number of hydrogen-bond donors (Lipinski definition) is 1. The Labute approximate surface area is 125 Å². The van der Waals surface area contributed by atoms with E-state index in [1.807, 2.05) is 12.1 Å². The third-order valence-corrected chi connectivity index (χ3v) is 5.40. The van der Waals surface area contributed by atoms with Gasteiger partial charge in [-0.2, -0.15) is 0 Å². The molecule has 0 aromatic carbocycles. The van der Waals surface area contributed by atoms with Gasteiger partial charge in [0.05, 0.1) is 11.8 Å². The van der Waals surface area contributed by atoms with Crippen molar-refractivity contribution in [2.75, 3.05) is 0 Å². The molecule has 0 bridgehead atoms. The molecule has 2 radical (unpaired) electrons. The number of aromatic nitrogens is 1. The van der Waals surface area contributed by atoms with Gasteiger partial charge >= 0.3 is 0 Å². The molecular formula is C14H20BrNO2Si. The number of rotatable bonds is 4. The zero-order valence-electron chi connectivity index (χ0n) is 11.6. The molecule has 0 spiro atoms. The van der Waals surface area contributed by atoms with Crippen LogP contribution in [0.15, 0.2) is 22.8 Å². The molecule has 0 amide bonds. The fraction of sp³-hybridized carbons (Fsp3) is 0.643. The van der Waals surface area contributed by atoms with Gasteiger partial charge in [0.15, 0.2) is 0 Å². The topological polar surface area (TPSA) is 42.4 Å². The van der Waals surface area contributed by atoms with Gasteiger partial charge in [-0.3, -0.25) is 4.98 Å². The smallest absolute Gasteiger partial charge is 0.231 e. The van der Waals surface area contributed by atoms with Crippen molar-refractivity contribution in [1.82, 2.24) is 4.98 Å². The minimum atomic E-state index is -0.371. The predicted molar refractivity (Wildman–Crippen MR) is 80.0 cm³/mol. The first kappa shape index (κ1) is 15.2. The molecule has 1 aliphatic carbocycles. The molecular weight excluding hydrogens is 322 g/mol. The van der Waals surface area contributed by atoms with Gasteiger partial charge in [-0.25, -0.2) is 0 Å². The number of halogens is 1. The van der Waals surface area contributed by atoms with Crippen molar-refractivity contribution in [2.45, 2.75) is 51.4 Å². The zero-order valence-corrected chi connectivity index (χ0v) is 14.2. The average molecular weight is 342 g/mol. The lowest BCUT2D eigenvalue weighted by Gasteiger charge is -2.45. The maximum absolute atomic E-state index is 9.64. The third-order valence-electron chi connectivity index (χ3n) is 3.19. The Kier molecular flexibility index (Phi) is 4.50. The summed E-state index contributed by atoms with van der Waals surface area (Å²) in [4.78, 5) is 4.44. The second-order valence-electron chi connectivity index (χ2n) is 6.40. The summed E-state index contributed by atoms with van der Waals surface area (Å²) in [6, 6.07) is 4.99. The van der Waals surface area contributed by atoms with Gasteiger partial charge in [0, 0.05) is 23.5 Å². The first-order valence-corrected chi connectivity index (χ1v) is 8.43. The summed E-state index contributed by atoms with van der Waals surface area (Å²) in [5.74, 6) is 0. The van der Waals surface area contributed by atoms with Crippen LogP contribution in [0.4, 0.5) is 0 Å². The number of aliphatic hydroxyl groups is 1. The number of pyridine rings is 1. The first-order valence-electron chi connectivity index (χ1n) is 6.52. The Morgan fingerprint density at radius 2 is 2.16 bits per heavy atom. The molecule has 1 N–H and O–H groups in total. The quantitative estimate of drug-likeness (QED) is 0.854. The molecule has 1 saturated carbocycles. The molecule has 1 heterocycles. The Balaban J connectivity index is 2.04. The van der Waals surface area contributed by atoms with Gasteiger partial charge < -0.3 is 9.53 Å². The van der Waals surface area contributed by atoms with Crippen LogP contribution in [0.3, 0.4) is 0 Å². The molecule has 3 nitrogen and oxygen atoms in total. The van der Waals surface area contributed by atoms with E-state index >= 15 is 0 Å². The molecule has 1 fully saturated rings. The second-order valence-corrected chi connectivity index (χ2v) is 8.16. The summed E-state index contributed by atoms with van der Waals surface area (Å²) in [5, 5.41) is 9.64. The second kappa shape index (κ2) is 5.64. The maximum atomic E-state index is 9.64. The van der Waals surface area contributed by atoms with E-state index in [1.54, 1.807) is 6.20 Å². The van der Waals surface area contributed by atoms with E-state index in [9.17, 15) is 5.11 Å². The molecule has 0 unspecified atom stereocenters. The SMILES string of the molecule is CC(C)(C)C[Si]OC1(c2ccc(Br)cn2)CC(O)C1. The highest BCUT2D eigenvalue weighted by Gasteiger charge is 2.47. The lowest BCUT2D eigenvalue weighted by Crippen LogP contribution is -2.48. The Bertz CT molecular complexity index is 424. The van der Waals surface area contributed by atoms with Crippen molar-refractivity contribution in [3.8, 4) is 0 Å². The van der Waals surface area contributed by atoms with Crippen molar-refractivity contribution in [1.29, 1.82) is 0 Å². The molecule has 2 rings (SSSR count). The third kappa shape index (κ3) is 3.87. The molecule has 5 heteroatoms. The minimum absolute atomic E-state index is 0.259. The van der Waals surface area contributed by atoms with Crippen LogP contribution in [-0.2, 0) is 10.0 Å². The molecule has 1 aliphatic rings. The van der Waals surface area contributed by atoms with E-state index in [-0.39, 0.29) is 17.1 Å². The summed E-state index contributed by atoms with van der Waals surface area (Å²) in [5.41, 5.74) is 0.835. The van der Waals surface area contributed by atoms with Crippen LogP contribution in [-0.4, -0.2) is 26.0 Å². The first-order chi connectivity index (χ1) is 8.81. The Morgan fingerprint density at radius 3 is 2.63 bits per heavy atom. The van der Waals surface area contributed by atoms with Gasteiger partial charge in [0.2, 0.25) is 9.76 Å². The lowest BCUT2D eigenvalue weighted by atomic mass is 9.75.